The third-order valence-corrected chi connectivity index (χ3v) is 5.38. The molecular weight excluding hydrogens is 376 g/mol. The fraction of sp³-hybridized carbons (Fsp3) is 0.923. The quantitative estimate of drug-likeness (QED) is 0.105. The molecule has 30 heavy (non-hydrogen) atoms. The second kappa shape index (κ2) is 24.8. The number of rotatable bonds is 21. The third-order valence-electron chi connectivity index (χ3n) is 5.38. The summed E-state index contributed by atoms with van der Waals surface area (Å²) in [6.45, 7) is 10.5. The lowest BCUT2D eigenvalue weighted by molar-refractivity contribution is -0.394. The smallest absolute Gasteiger partial charge is 0.310 e. The summed E-state index contributed by atoms with van der Waals surface area (Å²) in [6, 6.07) is 0. The molecule has 0 rings (SSSR count). The first kappa shape index (κ1) is 31.8. The molecule has 0 aliphatic heterocycles. The number of allylic oxidation sites excluding steroid dienone is 1. The van der Waals surface area contributed by atoms with Crippen LogP contribution in [0.25, 0.3) is 0 Å². The standard InChI is InChI=1S/C23H48O4.C3H6/c1-6-8-10-12-14-15-17-19-21-27-22(23(24-3,25-4)26-5)20-18-16-13-11-9-7-2;1-3-2/h22H,6-21H2,1-5H3;3H,1H2,2H3. The SMILES string of the molecule is C=CC.CCCCCCCCCCOC(CCCCCCCC)C(OC)(OC)OC. The Bertz CT molecular complexity index is 321. The molecule has 0 saturated heterocycles. The van der Waals surface area contributed by atoms with E-state index in [4.69, 9.17) is 18.9 Å². The molecular formula is C26H54O4. The van der Waals surface area contributed by atoms with Crippen LogP contribution in [0.4, 0.5) is 0 Å². The van der Waals surface area contributed by atoms with Gasteiger partial charge >= 0.3 is 5.97 Å². The van der Waals surface area contributed by atoms with Crippen molar-refractivity contribution in [1.82, 2.24) is 0 Å². The molecule has 0 N–H and O–H groups in total. The van der Waals surface area contributed by atoms with Crippen molar-refractivity contribution >= 4 is 0 Å². The summed E-state index contributed by atoms with van der Waals surface area (Å²) in [4.78, 5) is 0. The molecule has 4 nitrogen and oxygen atoms in total. The molecule has 0 aliphatic rings. The first-order valence-electron chi connectivity index (χ1n) is 12.5. The van der Waals surface area contributed by atoms with Gasteiger partial charge in [0, 0.05) is 27.9 Å². The van der Waals surface area contributed by atoms with Gasteiger partial charge in [0.1, 0.15) is 6.10 Å². The average molecular weight is 431 g/mol. The van der Waals surface area contributed by atoms with Crippen molar-refractivity contribution < 1.29 is 18.9 Å². The highest BCUT2D eigenvalue weighted by molar-refractivity contribution is 4.72. The summed E-state index contributed by atoms with van der Waals surface area (Å²) < 4.78 is 22.9. The lowest BCUT2D eigenvalue weighted by atomic mass is 10.1. The van der Waals surface area contributed by atoms with E-state index in [9.17, 15) is 0 Å². The number of unbranched alkanes of at least 4 members (excludes halogenated alkanes) is 12. The van der Waals surface area contributed by atoms with Crippen LogP contribution in [0.3, 0.4) is 0 Å². The van der Waals surface area contributed by atoms with Crippen LogP contribution in [0.2, 0.25) is 0 Å². The van der Waals surface area contributed by atoms with Gasteiger partial charge in [-0.2, -0.15) is 0 Å². The average Bonchev–Trinajstić information content (AvgIpc) is 2.76. The number of hydrogen-bond donors (Lipinski definition) is 0. The van der Waals surface area contributed by atoms with E-state index in [2.05, 4.69) is 20.4 Å². The van der Waals surface area contributed by atoms with Gasteiger partial charge in [-0.15, -0.1) is 6.58 Å². The lowest BCUT2D eigenvalue weighted by Gasteiger charge is -2.36. The van der Waals surface area contributed by atoms with Crippen molar-refractivity contribution in [3.05, 3.63) is 12.7 Å². The highest BCUT2D eigenvalue weighted by Gasteiger charge is 2.40. The Kier molecular flexibility index (Phi) is 26.3. The van der Waals surface area contributed by atoms with Crippen molar-refractivity contribution in [3.8, 4) is 0 Å². The number of hydrogen-bond acceptors (Lipinski definition) is 4. The lowest BCUT2D eigenvalue weighted by Crippen LogP contribution is -2.49. The van der Waals surface area contributed by atoms with Crippen LogP contribution in [-0.4, -0.2) is 40.0 Å². The normalized spacial score (nSPS) is 12.3. The minimum atomic E-state index is -1.09. The minimum Gasteiger partial charge on any atom is -0.370 e. The highest BCUT2D eigenvalue weighted by atomic mass is 16.9. The minimum absolute atomic E-state index is 0.187. The molecule has 0 aromatic rings. The molecule has 0 amide bonds. The van der Waals surface area contributed by atoms with Crippen LogP contribution >= 0.6 is 0 Å². The molecule has 0 heterocycles. The van der Waals surface area contributed by atoms with Crippen molar-refractivity contribution in [2.45, 2.75) is 129 Å². The van der Waals surface area contributed by atoms with Crippen LogP contribution in [0.1, 0.15) is 117 Å². The fourth-order valence-corrected chi connectivity index (χ4v) is 3.58. The van der Waals surface area contributed by atoms with E-state index < -0.39 is 5.97 Å². The summed E-state index contributed by atoms with van der Waals surface area (Å²) in [5, 5.41) is 0. The Hall–Kier alpha value is -0.420. The zero-order chi connectivity index (χ0) is 22.9. The van der Waals surface area contributed by atoms with Gasteiger partial charge in [-0.1, -0.05) is 103 Å². The summed E-state index contributed by atoms with van der Waals surface area (Å²) in [5.41, 5.74) is 0. The summed E-state index contributed by atoms with van der Waals surface area (Å²) in [6.07, 6.45) is 20.4. The maximum absolute atomic E-state index is 6.18. The van der Waals surface area contributed by atoms with Crippen LogP contribution < -0.4 is 0 Å². The maximum atomic E-state index is 6.18. The van der Waals surface area contributed by atoms with E-state index in [0.717, 1.165) is 25.9 Å². The van der Waals surface area contributed by atoms with Crippen LogP contribution in [0, 0.1) is 0 Å². The molecule has 0 aromatic heterocycles. The Morgan fingerprint density at radius 3 is 1.43 bits per heavy atom. The van der Waals surface area contributed by atoms with Gasteiger partial charge in [-0.25, -0.2) is 0 Å². The Balaban J connectivity index is 0. The number of ether oxygens (including phenoxy) is 4. The molecule has 1 atom stereocenters. The van der Waals surface area contributed by atoms with Gasteiger partial charge in [-0.3, -0.25) is 0 Å². The van der Waals surface area contributed by atoms with Gasteiger partial charge in [0.25, 0.3) is 0 Å². The molecule has 4 heteroatoms. The molecule has 182 valence electrons. The van der Waals surface area contributed by atoms with E-state index >= 15 is 0 Å². The van der Waals surface area contributed by atoms with Crippen molar-refractivity contribution in [1.29, 1.82) is 0 Å². The molecule has 1 unspecified atom stereocenters. The molecule has 0 fully saturated rings. The summed E-state index contributed by atoms with van der Waals surface area (Å²) in [5.74, 6) is -1.09. The van der Waals surface area contributed by atoms with Gasteiger partial charge in [0.05, 0.1) is 0 Å². The second-order valence-electron chi connectivity index (χ2n) is 8.01. The van der Waals surface area contributed by atoms with E-state index in [1.165, 1.54) is 77.0 Å². The van der Waals surface area contributed by atoms with Gasteiger partial charge in [0.15, 0.2) is 0 Å². The Morgan fingerprint density at radius 1 is 0.667 bits per heavy atom. The predicted octanol–water partition coefficient (Wildman–Crippen LogP) is 8.05. The third kappa shape index (κ3) is 17.3. The zero-order valence-electron chi connectivity index (χ0n) is 21.3. The molecule has 0 spiro atoms. The second-order valence-corrected chi connectivity index (χ2v) is 8.01. The summed E-state index contributed by atoms with van der Waals surface area (Å²) in [7, 11) is 4.88. The van der Waals surface area contributed by atoms with Gasteiger partial charge in [-0.05, 0) is 19.8 Å². The van der Waals surface area contributed by atoms with Gasteiger partial charge in [0.2, 0.25) is 0 Å². The monoisotopic (exact) mass is 430 g/mol. The maximum Gasteiger partial charge on any atom is 0.310 e. The van der Waals surface area contributed by atoms with Crippen molar-refractivity contribution in [2.24, 2.45) is 0 Å². The first-order chi connectivity index (χ1) is 14.6. The molecule has 0 aromatic carbocycles. The van der Waals surface area contributed by atoms with Crippen LogP contribution in [-0.2, 0) is 18.9 Å². The van der Waals surface area contributed by atoms with E-state index in [1.807, 2.05) is 6.92 Å². The highest BCUT2D eigenvalue weighted by Crippen LogP contribution is 2.26. The Morgan fingerprint density at radius 2 is 1.03 bits per heavy atom. The number of methoxy groups -OCH3 is 3. The first-order valence-corrected chi connectivity index (χ1v) is 12.5. The van der Waals surface area contributed by atoms with E-state index in [0.29, 0.717) is 0 Å². The molecule has 0 bridgehead atoms. The molecule has 0 radical (unpaired) electrons. The van der Waals surface area contributed by atoms with Crippen molar-refractivity contribution in [3.63, 3.8) is 0 Å². The van der Waals surface area contributed by atoms with Crippen LogP contribution in [0.5, 0.6) is 0 Å². The molecule has 0 saturated carbocycles. The largest absolute Gasteiger partial charge is 0.370 e. The van der Waals surface area contributed by atoms with Crippen LogP contribution in [0.15, 0.2) is 12.7 Å². The van der Waals surface area contributed by atoms with E-state index in [1.54, 1.807) is 27.4 Å². The Labute approximate surface area is 189 Å². The summed E-state index contributed by atoms with van der Waals surface area (Å²) >= 11 is 0. The zero-order valence-corrected chi connectivity index (χ0v) is 21.3. The predicted molar refractivity (Wildman–Crippen MR) is 130 cm³/mol. The van der Waals surface area contributed by atoms with Crippen molar-refractivity contribution in [2.75, 3.05) is 27.9 Å². The van der Waals surface area contributed by atoms with E-state index in [-0.39, 0.29) is 6.10 Å². The van der Waals surface area contributed by atoms with Gasteiger partial charge < -0.3 is 18.9 Å². The fourth-order valence-electron chi connectivity index (χ4n) is 3.58. The topological polar surface area (TPSA) is 36.9 Å². The molecule has 0 aliphatic carbocycles.